The van der Waals surface area contributed by atoms with Crippen molar-refractivity contribution in [1.29, 1.82) is 0 Å². The highest BCUT2D eigenvalue weighted by molar-refractivity contribution is 6.31. The molecule has 5 nitrogen and oxygen atoms in total. The van der Waals surface area contributed by atoms with E-state index in [2.05, 4.69) is 10.3 Å². The summed E-state index contributed by atoms with van der Waals surface area (Å²) >= 11 is 5.96. The van der Waals surface area contributed by atoms with E-state index in [-0.39, 0.29) is 11.3 Å². The lowest BCUT2D eigenvalue weighted by molar-refractivity contribution is 0.100. The van der Waals surface area contributed by atoms with E-state index in [1.54, 1.807) is 12.3 Å². The summed E-state index contributed by atoms with van der Waals surface area (Å²) in [6.45, 7) is 2.00. The molecule has 0 saturated carbocycles. The Morgan fingerprint density at radius 3 is 2.58 bits per heavy atom. The number of hydrogen-bond donors (Lipinski definition) is 2. The van der Waals surface area contributed by atoms with E-state index in [1.807, 2.05) is 31.2 Å². The van der Waals surface area contributed by atoms with Crippen LogP contribution in [-0.4, -0.2) is 16.8 Å². The number of hydrogen-bond acceptors (Lipinski definition) is 3. The van der Waals surface area contributed by atoms with Gasteiger partial charge in [-0.1, -0.05) is 41.4 Å². The van der Waals surface area contributed by atoms with Crippen molar-refractivity contribution in [3.63, 3.8) is 0 Å². The Labute approximate surface area is 155 Å². The van der Waals surface area contributed by atoms with Gasteiger partial charge in [0.15, 0.2) is 0 Å². The van der Waals surface area contributed by atoms with Gasteiger partial charge in [-0.3, -0.25) is 14.6 Å². The van der Waals surface area contributed by atoms with Crippen molar-refractivity contribution in [1.82, 2.24) is 4.98 Å². The van der Waals surface area contributed by atoms with Crippen molar-refractivity contribution >= 4 is 29.1 Å². The number of nitrogens with one attached hydrogen (secondary N) is 1. The average Bonchev–Trinajstić information content (AvgIpc) is 2.61. The molecule has 1 heterocycles. The molecule has 0 saturated heterocycles. The smallest absolute Gasteiger partial charge is 0.257 e. The SMILES string of the molecule is Cc1cccc(-c2cncc(C(=O)Nc3cc(Cl)ccc3C(N)=O)c2)c1. The van der Waals surface area contributed by atoms with E-state index < -0.39 is 11.8 Å². The van der Waals surface area contributed by atoms with Crippen molar-refractivity contribution in [2.24, 2.45) is 5.73 Å². The zero-order valence-electron chi connectivity index (χ0n) is 14.0. The summed E-state index contributed by atoms with van der Waals surface area (Å²) < 4.78 is 0. The molecule has 130 valence electrons. The second kappa shape index (κ2) is 7.37. The molecule has 0 aliphatic carbocycles. The molecule has 3 rings (SSSR count). The van der Waals surface area contributed by atoms with Crippen molar-refractivity contribution in [2.45, 2.75) is 6.92 Å². The van der Waals surface area contributed by atoms with Gasteiger partial charge in [0, 0.05) is 23.0 Å². The molecule has 0 radical (unpaired) electrons. The number of carbonyl (C=O) groups excluding carboxylic acids is 2. The van der Waals surface area contributed by atoms with Crippen LogP contribution in [0, 0.1) is 6.92 Å². The molecule has 0 spiro atoms. The minimum atomic E-state index is -0.649. The number of nitrogens with zero attached hydrogens (tertiary/aromatic N) is 1. The van der Waals surface area contributed by atoms with Gasteiger partial charge in [-0.25, -0.2) is 0 Å². The number of anilines is 1. The zero-order valence-corrected chi connectivity index (χ0v) is 14.7. The number of pyridine rings is 1. The number of amides is 2. The third-order valence-corrected chi connectivity index (χ3v) is 4.08. The molecular weight excluding hydrogens is 350 g/mol. The van der Waals surface area contributed by atoms with E-state index in [4.69, 9.17) is 17.3 Å². The Hall–Kier alpha value is -3.18. The predicted octanol–water partition coefficient (Wildman–Crippen LogP) is 4.06. The summed E-state index contributed by atoms with van der Waals surface area (Å²) in [6, 6.07) is 14.1. The molecule has 6 heteroatoms. The highest BCUT2D eigenvalue weighted by atomic mass is 35.5. The van der Waals surface area contributed by atoms with Crippen LogP contribution in [0.2, 0.25) is 5.02 Å². The Kier molecular flexibility index (Phi) is 5.00. The number of aryl methyl sites for hydroxylation is 1. The van der Waals surface area contributed by atoms with Crippen LogP contribution in [0.5, 0.6) is 0 Å². The highest BCUT2D eigenvalue weighted by Crippen LogP contribution is 2.23. The van der Waals surface area contributed by atoms with Gasteiger partial charge in [-0.15, -0.1) is 0 Å². The van der Waals surface area contributed by atoms with Crippen LogP contribution in [-0.2, 0) is 0 Å². The third kappa shape index (κ3) is 3.90. The van der Waals surface area contributed by atoms with Crippen LogP contribution in [0.25, 0.3) is 11.1 Å². The van der Waals surface area contributed by atoms with Gasteiger partial charge < -0.3 is 11.1 Å². The van der Waals surface area contributed by atoms with Crippen LogP contribution in [0.1, 0.15) is 26.3 Å². The molecule has 0 bridgehead atoms. The Balaban J connectivity index is 1.91. The van der Waals surface area contributed by atoms with Gasteiger partial charge >= 0.3 is 0 Å². The monoisotopic (exact) mass is 365 g/mol. The van der Waals surface area contributed by atoms with E-state index in [9.17, 15) is 9.59 Å². The number of rotatable bonds is 4. The zero-order chi connectivity index (χ0) is 18.7. The minimum absolute atomic E-state index is 0.186. The first-order valence-corrected chi connectivity index (χ1v) is 8.24. The van der Waals surface area contributed by atoms with Gasteiger partial charge in [0.05, 0.1) is 16.8 Å². The van der Waals surface area contributed by atoms with Crippen LogP contribution in [0.15, 0.2) is 60.9 Å². The van der Waals surface area contributed by atoms with E-state index in [1.165, 1.54) is 24.4 Å². The van der Waals surface area contributed by atoms with E-state index in [0.717, 1.165) is 16.7 Å². The molecule has 0 aliphatic heterocycles. The molecule has 3 N–H and O–H groups in total. The lowest BCUT2D eigenvalue weighted by atomic mass is 10.0. The largest absolute Gasteiger partial charge is 0.366 e. The number of primary amides is 1. The molecule has 0 fully saturated rings. The number of benzene rings is 2. The summed E-state index contributed by atoms with van der Waals surface area (Å²) in [7, 11) is 0. The predicted molar refractivity (Wildman–Crippen MR) is 102 cm³/mol. The quantitative estimate of drug-likeness (QED) is 0.731. The van der Waals surface area contributed by atoms with Crippen LogP contribution in [0.3, 0.4) is 0 Å². The van der Waals surface area contributed by atoms with E-state index >= 15 is 0 Å². The topological polar surface area (TPSA) is 85.1 Å². The summed E-state index contributed by atoms with van der Waals surface area (Å²) in [6.07, 6.45) is 3.16. The number of nitrogens with two attached hydrogens (primary N) is 1. The van der Waals surface area contributed by atoms with Gasteiger partial charge in [0.2, 0.25) is 0 Å². The third-order valence-electron chi connectivity index (χ3n) is 3.85. The second-order valence-corrected chi connectivity index (χ2v) is 6.28. The standard InChI is InChI=1S/C20H16ClN3O2/c1-12-3-2-4-13(7-12)14-8-15(11-23-10-14)20(26)24-18-9-16(21)5-6-17(18)19(22)25/h2-11H,1H3,(H2,22,25)(H,24,26). The Bertz CT molecular complexity index is 1000. The maximum atomic E-state index is 12.6. The average molecular weight is 366 g/mol. The molecular formula is C20H16ClN3O2. The van der Waals surface area contributed by atoms with Gasteiger partial charge in [-0.2, -0.15) is 0 Å². The van der Waals surface area contributed by atoms with Crippen LogP contribution in [0.4, 0.5) is 5.69 Å². The summed E-state index contributed by atoms with van der Waals surface area (Å²) in [4.78, 5) is 28.3. The van der Waals surface area contributed by atoms with Gasteiger partial charge in [0.1, 0.15) is 0 Å². The van der Waals surface area contributed by atoms with Gasteiger partial charge in [-0.05, 0) is 36.8 Å². The highest BCUT2D eigenvalue weighted by Gasteiger charge is 2.14. The molecule has 1 aromatic heterocycles. The first kappa shape index (κ1) is 17.6. The molecule has 0 atom stereocenters. The molecule has 2 aromatic carbocycles. The van der Waals surface area contributed by atoms with Crippen molar-refractivity contribution in [3.8, 4) is 11.1 Å². The maximum absolute atomic E-state index is 12.6. The maximum Gasteiger partial charge on any atom is 0.257 e. The summed E-state index contributed by atoms with van der Waals surface area (Å²) in [5.74, 6) is -1.06. The lowest BCUT2D eigenvalue weighted by Gasteiger charge is -2.10. The normalized spacial score (nSPS) is 10.4. The van der Waals surface area contributed by atoms with Crippen LogP contribution >= 0.6 is 11.6 Å². The second-order valence-electron chi connectivity index (χ2n) is 5.84. The van der Waals surface area contributed by atoms with Crippen molar-refractivity contribution in [2.75, 3.05) is 5.32 Å². The van der Waals surface area contributed by atoms with Crippen LogP contribution < -0.4 is 11.1 Å². The molecule has 26 heavy (non-hydrogen) atoms. The van der Waals surface area contributed by atoms with Gasteiger partial charge in [0.25, 0.3) is 11.8 Å². The fourth-order valence-corrected chi connectivity index (χ4v) is 2.75. The molecule has 0 aliphatic rings. The Morgan fingerprint density at radius 1 is 1.04 bits per heavy atom. The summed E-state index contributed by atoms with van der Waals surface area (Å²) in [5, 5.41) is 3.06. The Morgan fingerprint density at radius 2 is 1.85 bits per heavy atom. The number of carbonyl (C=O) groups is 2. The van der Waals surface area contributed by atoms with Crippen molar-refractivity contribution < 1.29 is 9.59 Å². The molecule has 3 aromatic rings. The lowest BCUT2D eigenvalue weighted by Crippen LogP contribution is -2.18. The number of halogens is 1. The fraction of sp³-hybridized carbons (Fsp3) is 0.0500. The summed E-state index contributed by atoms with van der Waals surface area (Å²) in [5.41, 5.74) is 9.05. The molecule has 2 amide bonds. The molecule has 0 unspecified atom stereocenters. The first-order valence-electron chi connectivity index (χ1n) is 7.87. The first-order chi connectivity index (χ1) is 12.4. The minimum Gasteiger partial charge on any atom is -0.366 e. The van der Waals surface area contributed by atoms with Crippen molar-refractivity contribution in [3.05, 3.63) is 82.6 Å². The number of aromatic nitrogens is 1. The van der Waals surface area contributed by atoms with E-state index in [0.29, 0.717) is 10.6 Å². The fourth-order valence-electron chi connectivity index (χ4n) is 2.58.